The van der Waals surface area contributed by atoms with E-state index in [9.17, 15) is 4.79 Å². The lowest BCUT2D eigenvalue weighted by Crippen LogP contribution is -2.52. The number of hydrogen-bond acceptors (Lipinski definition) is 5. The maximum Gasteiger partial charge on any atom is 0.203 e. The van der Waals surface area contributed by atoms with Crippen molar-refractivity contribution < 1.29 is 9.53 Å². The van der Waals surface area contributed by atoms with Crippen molar-refractivity contribution in [2.75, 3.05) is 33.2 Å². The zero-order valence-corrected chi connectivity index (χ0v) is 24.6. The van der Waals surface area contributed by atoms with Crippen LogP contribution in [-0.2, 0) is 22.6 Å². The van der Waals surface area contributed by atoms with Crippen LogP contribution in [0, 0.1) is 13.8 Å². The molecule has 3 aromatic rings. The number of allylic oxidation sites excluding steroid dienone is 1. The maximum atomic E-state index is 12.7. The Morgan fingerprint density at radius 3 is 1.95 bits per heavy atom. The highest BCUT2D eigenvalue weighted by Crippen LogP contribution is 2.24. The van der Waals surface area contributed by atoms with E-state index in [1.54, 1.807) is 6.92 Å². The first-order chi connectivity index (χ1) is 18.8. The predicted molar refractivity (Wildman–Crippen MR) is 161 cm³/mol. The van der Waals surface area contributed by atoms with Gasteiger partial charge in [0.15, 0.2) is 11.6 Å². The van der Waals surface area contributed by atoms with Gasteiger partial charge in [0, 0.05) is 53.2 Å². The Hall–Kier alpha value is -3.57. The molecule has 0 aliphatic carbocycles. The number of hydrogen-bond donors (Lipinski definition) is 0. The molecule has 5 heteroatoms. The second kappa shape index (κ2) is 15.1. The molecule has 1 saturated heterocycles. The second-order valence-corrected chi connectivity index (χ2v) is 10.3. The van der Waals surface area contributed by atoms with Crippen molar-refractivity contribution in [3.63, 3.8) is 0 Å². The van der Waals surface area contributed by atoms with Crippen LogP contribution in [0.15, 0.2) is 96.5 Å². The van der Waals surface area contributed by atoms with E-state index < -0.39 is 0 Å². The number of aryl methyl sites for hydroxylation is 2. The first kappa shape index (κ1) is 30.0. The molecular weight excluding hydrogens is 482 g/mol. The number of likely N-dealkylation sites (tertiary alicyclic amines) is 1. The minimum atomic E-state index is -0.0236. The number of ketones is 1. The van der Waals surface area contributed by atoms with Crippen molar-refractivity contribution in [1.29, 1.82) is 0 Å². The normalized spacial score (nSPS) is 13.9. The molecule has 1 heterocycles. The third-order valence-electron chi connectivity index (χ3n) is 6.89. The summed E-state index contributed by atoms with van der Waals surface area (Å²) in [5, 5.41) is 0. The van der Waals surface area contributed by atoms with Crippen LogP contribution in [-0.4, -0.2) is 59.8 Å². The molecule has 0 unspecified atom stereocenters. The molecule has 0 N–H and O–H groups in total. The van der Waals surface area contributed by atoms with Crippen LogP contribution < -0.4 is 0 Å². The molecule has 0 saturated carbocycles. The fourth-order valence-electron chi connectivity index (χ4n) is 4.64. The molecule has 39 heavy (non-hydrogen) atoms. The highest BCUT2D eigenvalue weighted by molar-refractivity contribution is 5.91. The lowest BCUT2D eigenvalue weighted by molar-refractivity contribution is -0.121. The molecule has 0 radical (unpaired) electrons. The third kappa shape index (κ3) is 9.29. The standard InChI is InChI=1S/C27H37N3O2.C7H8/c1-6-28(5)27(30(7-2)18-24-15-11-12-21(3)16-24)26(22(4)31)32-25-19-29(20-25)17-23-13-9-8-10-14-23;1-7-5-3-2-4-6-7/h8-16,25H,6-7,17-20H2,1-5H3;2-6H,1H3/b27-26-;. The fourth-order valence-corrected chi connectivity index (χ4v) is 4.64. The molecule has 0 aromatic heterocycles. The lowest BCUT2D eigenvalue weighted by atomic mass is 10.1. The van der Waals surface area contributed by atoms with Crippen molar-refractivity contribution >= 4 is 5.78 Å². The molecule has 1 aliphatic heterocycles. The maximum absolute atomic E-state index is 12.7. The van der Waals surface area contributed by atoms with Crippen molar-refractivity contribution in [3.05, 3.63) is 119 Å². The summed E-state index contributed by atoms with van der Waals surface area (Å²) in [6.45, 7) is 14.9. The van der Waals surface area contributed by atoms with Gasteiger partial charge in [-0.2, -0.15) is 0 Å². The molecule has 3 aromatic carbocycles. The number of rotatable bonds is 11. The first-order valence-electron chi connectivity index (χ1n) is 14.0. The van der Waals surface area contributed by atoms with E-state index in [2.05, 4.69) is 103 Å². The third-order valence-corrected chi connectivity index (χ3v) is 6.89. The Morgan fingerprint density at radius 2 is 1.44 bits per heavy atom. The number of carbonyl (C=O) groups is 1. The van der Waals surface area contributed by atoms with E-state index in [1.165, 1.54) is 22.3 Å². The van der Waals surface area contributed by atoms with Gasteiger partial charge < -0.3 is 14.5 Å². The first-order valence-corrected chi connectivity index (χ1v) is 14.0. The van der Waals surface area contributed by atoms with Gasteiger partial charge in [0.05, 0.1) is 0 Å². The summed E-state index contributed by atoms with van der Waals surface area (Å²) in [5.41, 5.74) is 5.09. The number of ether oxygens (including phenoxy) is 1. The smallest absolute Gasteiger partial charge is 0.203 e. The largest absolute Gasteiger partial charge is 0.481 e. The summed E-state index contributed by atoms with van der Waals surface area (Å²) in [6.07, 6.45) is 0.0375. The Balaban J connectivity index is 0.000000520. The van der Waals surface area contributed by atoms with Crippen molar-refractivity contribution in [3.8, 4) is 0 Å². The summed E-state index contributed by atoms with van der Waals surface area (Å²) in [6, 6.07) is 29.3. The second-order valence-electron chi connectivity index (χ2n) is 10.3. The van der Waals surface area contributed by atoms with Gasteiger partial charge in [-0.3, -0.25) is 9.69 Å². The summed E-state index contributed by atoms with van der Waals surface area (Å²) in [4.78, 5) is 19.5. The van der Waals surface area contributed by atoms with Crippen LogP contribution in [0.3, 0.4) is 0 Å². The zero-order chi connectivity index (χ0) is 28.2. The van der Waals surface area contributed by atoms with Crippen molar-refractivity contribution in [2.45, 2.75) is 53.8 Å². The Bertz CT molecular complexity index is 1190. The minimum absolute atomic E-state index is 0.0236. The van der Waals surface area contributed by atoms with E-state index >= 15 is 0 Å². The van der Waals surface area contributed by atoms with Gasteiger partial charge in [-0.25, -0.2) is 0 Å². The monoisotopic (exact) mass is 527 g/mol. The van der Waals surface area contributed by atoms with Crippen LogP contribution in [0.25, 0.3) is 0 Å². The van der Waals surface area contributed by atoms with Gasteiger partial charge in [0.25, 0.3) is 0 Å². The van der Waals surface area contributed by atoms with E-state index in [0.717, 1.165) is 45.1 Å². The molecule has 0 atom stereocenters. The molecule has 208 valence electrons. The predicted octanol–water partition coefficient (Wildman–Crippen LogP) is 6.42. The average Bonchev–Trinajstić information content (AvgIpc) is 2.91. The fraction of sp³-hybridized carbons (Fsp3) is 0.382. The highest BCUT2D eigenvalue weighted by Gasteiger charge is 2.32. The van der Waals surface area contributed by atoms with Gasteiger partial charge >= 0.3 is 0 Å². The Kier molecular flexibility index (Phi) is 11.6. The molecule has 4 rings (SSSR count). The van der Waals surface area contributed by atoms with E-state index in [-0.39, 0.29) is 11.9 Å². The summed E-state index contributed by atoms with van der Waals surface area (Å²) >= 11 is 0. The SMILES string of the molecule is CCN(C)/C(=C(/OC1CN(Cc2ccccc2)C1)C(C)=O)N(CC)Cc1cccc(C)c1.Cc1ccccc1. The highest BCUT2D eigenvalue weighted by atomic mass is 16.5. The van der Waals surface area contributed by atoms with Crippen molar-refractivity contribution in [2.24, 2.45) is 0 Å². The van der Waals surface area contributed by atoms with Crippen molar-refractivity contribution in [1.82, 2.24) is 14.7 Å². The van der Waals surface area contributed by atoms with E-state index in [4.69, 9.17) is 4.74 Å². The molecule has 5 nitrogen and oxygen atoms in total. The summed E-state index contributed by atoms with van der Waals surface area (Å²) < 4.78 is 6.35. The molecule has 1 aliphatic rings. The number of carbonyl (C=O) groups excluding carboxylic acids is 1. The van der Waals surface area contributed by atoms with Gasteiger partial charge in [-0.1, -0.05) is 96.1 Å². The van der Waals surface area contributed by atoms with E-state index in [0.29, 0.717) is 5.76 Å². The van der Waals surface area contributed by atoms with Gasteiger partial charge in [-0.15, -0.1) is 0 Å². The van der Waals surface area contributed by atoms with Crippen LogP contribution in [0.2, 0.25) is 0 Å². The van der Waals surface area contributed by atoms with Crippen LogP contribution >= 0.6 is 0 Å². The molecule has 0 spiro atoms. The van der Waals surface area contributed by atoms with Crippen LogP contribution in [0.4, 0.5) is 0 Å². The molecule has 0 bridgehead atoms. The number of benzene rings is 3. The van der Waals surface area contributed by atoms with Crippen LogP contribution in [0.5, 0.6) is 0 Å². The Labute approximate surface area is 235 Å². The quantitative estimate of drug-likeness (QED) is 0.212. The van der Waals surface area contributed by atoms with Gasteiger partial charge in [0.1, 0.15) is 6.10 Å². The molecular formula is C34H45N3O2. The van der Waals surface area contributed by atoms with Gasteiger partial charge in [-0.05, 0) is 38.8 Å². The number of nitrogens with zero attached hydrogens (tertiary/aromatic N) is 3. The zero-order valence-electron chi connectivity index (χ0n) is 24.6. The topological polar surface area (TPSA) is 36.0 Å². The lowest BCUT2D eigenvalue weighted by Gasteiger charge is -2.41. The molecule has 0 amide bonds. The number of Topliss-reactive ketones (excluding diaryl/α,β-unsaturated/α-hetero) is 1. The minimum Gasteiger partial charge on any atom is -0.481 e. The summed E-state index contributed by atoms with van der Waals surface area (Å²) in [7, 11) is 2.03. The van der Waals surface area contributed by atoms with Crippen LogP contribution in [0.1, 0.15) is 43.0 Å². The summed E-state index contributed by atoms with van der Waals surface area (Å²) in [5.74, 6) is 1.34. The van der Waals surface area contributed by atoms with E-state index in [1.807, 2.05) is 31.3 Å². The Morgan fingerprint density at radius 1 is 0.846 bits per heavy atom. The molecule has 1 fully saturated rings. The van der Waals surface area contributed by atoms with Gasteiger partial charge in [0.2, 0.25) is 5.76 Å². The average molecular weight is 528 g/mol.